The van der Waals surface area contributed by atoms with Crippen LogP contribution in [0.4, 0.5) is 0 Å². The number of amides is 1. The van der Waals surface area contributed by atoms with E-state index >= 15 is 0 Å². The fourth-order valence-electron chi connectivity index (χ4n) is 2.84. The number of aromatic nitrogens is 4. The van der Waals surface area contributed by atoms with Crippen LogP contribution in [-0.4, -0.2) is 37.4 Å². The molecular formula is C18H23N5O2. The number of hydrogen-bond donors (Lipinski definition) is 0. The number of rotatable bonds is 6. The smallest absolute Gasteiger partial charge is 0.289 e. The van der Waals surface area contributed by atoms with Gasteiger partial charge in [-0.3, -0.25) is 14.2 Å². The number of carbonyl (C=O) groups excluding carboxylic acids is 1. The molecule has 25 heavy (non-hydrogen) atoms. The Morgan fingerprint density at radius 2 is 2.04 bits per heavy atom. The molecule has 0 unspecified atom stereocenters. The van der Waals surface area contributed by atoms with E-state index in [-0.39, 0.29) is 5.91 Å². The summed E-state index contributed by atoms with van der Waals surface area (Å²) >= 11 is 0. The highest BCUT2D eigenvalue weighted by atomic mass is 16.4. The first-order valence-corrected chi connectivity index (χ1v) is 8.34. The summed E-state index contributed by atoms with van der Waals surface area (Å²) < 4.78 is 9.48. The number of aryl methyl sites for hydroxylation is 3. The minimum Gasteiger partial charge on any atom is -0.454 e. The van der Waals surface area contributed by atoms with Gasteiger partial charge in [0.15, 0.2) is 5.76 Å². The Hall–Kier alpha value is -2.83. The lowest BCUT2D eigenvalue weighted by Crippen LogP contribution is -2.27. The van der Waals surface area contributed by atoms with Crippen LogP contribution in [0.5, 0.6) is 0 Å². The Kier molecular flexibility index (Phi) is 4.74. The van der Waals surface area contributed by atoms with Crippen LogP contribution < -0.4 is 0 Å². The van der Waals surface area contributed by atoms with Crippen molar-refractivity contribution in [3.05, 3.63) is 59.1 Å². The molecule has 132 valence electrons. The van der Waals surface area contributed by atoms with Crippen molar-refractivity contribution in [3.63, 3.8) is 0 Å². The molecule has 7 nitrogen and oxygen atoms in total. The zero-order valence-corrected chi connectivity index (χ0v) is 15.1. The van der Waals surface area contributed by atoms with Crippen LogP contribution in [0.2, 0.25) is 0 Å². The molecule has 0 N–H and O–H groups in total. The molecule has 0 fully saturated rings. The van der Waals surface area contributed by atoms with Crippen molar-refractivity contribution in [2.75, 3.05) is 7.05 Å². The van der Waals surface area contributed by atoms with Gasteiger partial charge in [-0.2, -0.15) is 10.2 Å². The third kappa shape index (κ3) is 3.65. The second-order valence-corrected chi connectivity index (χ2v) is 6.15. The summed E-state index contributed by atoms with van der Waals surface area (Å²) in [5.41, 5.74) is 3.02. The Morgan fingerprint density at radius 1 is 1.24 bits per heavy atom. The predicted octanol–water partition coefficient (Wildman–Crippen LogP) is 2.63. The van der Waals surface area contributed by atoms with Gasteiger partial charge in [-0.15, -0.1) is 0 Å². The molecule has 3 aromatic rings. The maximum Gasteiger partial charge on any atom is 0.289 e. The van der Waals surface area contributed by atoms with Gasteiger partial charge in [0.1, 0.15) is 5.76 Å². The molecule has 0 aromatic carbocycles. The van der Waals surface area contributed by atoms with Gasteiger partial charge >= 0.3 is 0 Å². The van der Waals surface area contributed by atoms with Crippen molar-refractivity contribution in [1.82, 2.24) is 24.5 Å². The van der Waals surface area contributed by atoms with E-state index < -0.39 is 0 Å². The molecule has 0 radical (unpaired) electrons. The van der Waals surface area contributed by atoms with Crippen LogP contribution in [0, 0.1) is 13.8 Å². The van der Waals surface area contributed by atoms with Crippen LogP contribution in [0.15, 0.2) is 34.9 Å². The van der Waals surface area contributed by atoms with Crippen LogP contribution in [0.25, 0.3) is 0 Å². The molecular weight excluding hydrogens is 318 g/mol. The lowest BCUT2D eigenvalue weighted by molar-refractivity contribution is 0.0747. The SMILES string of the molecule is CCn1nccc1CN(C)C(=O)c1ccc(Cn2nc(C)cc2C)o1. The van der Waals surface area contributed by atoms with Crippen molar-refractivity contribution in [2.24, 2.45) is 0 Å². The average Bonchev–Trinajstić information content (AvgIpc) is 3.28. The van der Waals surface area contributed by atoms with Crippen molar-refractivity contribution in [3.8, 4) is 0 Å². The summed E-state index contributed by atoms with van der Waals surface area (Å²) in [6.45, 7) is 7.75. The van der Waals surface area contributed by atoms with Crippen molar-refractivity contribution >= 4 is 5.91 Å². The number of nitrogens with zero attached hydrogens (tertiary/aromatic N) is 5. The van der Waals surface area contributed by atoms with Gasteiger partial charge < -0.3 is 9.32 Å². The molecule has 3 heterocycles. The maximum absolute atomic E-state index is 12.6. The molecule has 0 saturated heterocycles. The first kappa shape index (κ1) is 17.0. The van der Waals surface area contributed by atoms with Gasteiger partial charge in [-0.1, -0.05) is 0 Å². The molecule has 7 heteroatoms. The van der Waals surface area contributed by atoms with Gasteiger partial charge in [0.25, 0.3) is 5.91 Å². The zero-order chi connectivity index (χ0) is 18.0. The fraction of sp³-hybridized carbons (Fsp3) is 0.389. The maximum atomic E-state index is 12.6. The minimum atomic E-state index is -0.150. The molecule has 0 aliphatic carbocycles. The lowest BCUT2D eigenvalue weighted by Gasteiger charge is -2.16. The lowest BCUT2D eigenvalue weighted by atomic mass is 10.3. The zero-order valence-electron chi connectivity index (χ0n) is 15.1. The summed E-state index contributed by atoms with van der Waals surface area (Å²) in [5.74, 6) is 0.895. The van der Waals surface area contributed by atoms with Crippen molar-refractivity contribution < 1.29 is 9.21 Å². The molecule has 0 saturated carbocycles. The average molecular weight is 341 g/mol. The second kappa shape index (κ2) is 6.96. The highest BCUT2D eigenvalue weighted by Crippen LogP contribution is 2.14. The quantitative estimate of drug-likeness (QED) is 0.691. The van der Waals surface area contributed by atoms with E-state index in [4.69, 9.17) is 4.42 Å². The number of carbonyl (C=O) groups is 1. The van der Waals surface area contributed by atoms with Gasteiger partial charge in [0, 0.05) is 25.5 Å². The number of hydrogen-bond acceptors (Lipinski definition) is 4. The first-order valence-electron chi connectivity index (χ1n) is 8.34. The largest absolute Gasteiger partial charge is 0.454 e. The summed E-state index contributed by atoms with van der Waals surface area (Å²) in [5, 5.41) is 8.64. The van der Waals surface area contributed by atoms with Crippen LogP contribution in [-0.2, 0) is 19.6 Å². The van der Waals surface area contributed by atoms with Crippen LogP contribution >= 0.6 is 0 Å². The third-order valence-corrected chi connectivity index (χ3v) is 4.13. The molecule has 3 aromatic heterocycles. The van der Waals surface area contributed by atoms with E-state index in [1.807, 2.05) is 48.3 Å². The molecule has 0 bridgehead atoms. The summed E-state index contributed by atoms with van der Waals surface area (Å²) in [4.78, 5) is 14.2. The predicted molar refractivity (Wildman–Crippen MR) is 93.2 cm³/mol. The van der Waals surface area contributed by atoms with Gasteiger partial charge in [-0.05, 0) is 45.0 Å². The van der Waals surface area contributed by atoms with Gasteiger partial charge in [-0.25, -0.2) is 0 Å². The molecule has 1 amide bonds. The molecule has 0 spiro atoms. The van der Waals surface area contributed by atoms with Gasteiger partial charge in [0.2, 0.25) is 0 Å². The van der Waals surface area contributed by atoms with E-state index in [0.717, 1.165) is 23.6 Å². The summed E-state index contributed by atoms with van der Waals surface area (Å²) in [6.07, 6.45) is 1.75. The fourth-order valence-corrected chi connectivity index (χ4v) is 2.84. The molecule has 3 rings (SSSR count). The van der Waals surface area contributed by atoms with Crippen molar-refractivity contribution in [2.45, 2.75) is 40.4 Å². The third-order valence-electron chi connectivity index (χ3n) is 4.13. The van der Waals surface area contributed by atoms with E-state index in [9.17, 15) is 4.79 Å². The highest BCUT2D eigenvalue weighted by molar-refractivity contribution is 5.91. The Morgan fingerprint density at radius 3 is 2.72 bits per heavy atom. The van der Waals surface area contributed by atoms with Crippen molar-refractivity contribution in [1.29, 1.82) is 0 Å². The first-order chi connectivity index (χ1) is 12.0. The van der Waals surface area contributed by atoms with E-state index in [2.05, 4.69) is 10.2 Å². The monoisotopic (exact) mass is 341 g/mol. The number of furan rings is 1. The summed E-state index contributed by atoms with van der Waals surface area (Å²) in [7, 11) is 1.76. The van der Waals surface area contributed by atoms with E-state index in [1.54, 1.807) is 24.2 Å². The van der Waals surface area contributed by atoms with Gasteiger partial charge in [0.05, 0.1) is 24.5 Å². The second-order valence-electron chi connectivity index (χ2n) is 6.15. The molecule has 0 aliphatic rings. The minimum absolute atomic E-state index is 0.150. The molecule has 0 aliphatic heterocycles. The topological polar surface area (TPSA) is 69.1 Å². The Labute approximate surface area is 146 Å². The highest BCUT2D eigenvalue weighted by Gasteiger charge is 2.18. The Bertz CT molecular complexity index is 874. The standard InChI is InChI=1S/C18H23N5O2/c1-5-22-15(8-9-19-22)11-21(4)18(24)17-7-6-16(25-17)12-23-14(3)10-13(2)20-23/h6-10H,5,11-12H2,1-4H3. The Balaban J connectivity index is 1.68. The molecule has 0 atom stereocenters. The van der Waals surface area contributed by atoms with Crippen LogP contribution in [0.3, 0.4) is 0 Å². The normalized spacial score (nSPS) is 11.0. The van der Waals surface area contributed by atoms with E-state index in [0.29, 0.717) is 24.6 Å². The van der Waals surface area contributed by atoms with E-state index in [1.165, 1.54) is 0 Å². The van der Waals surface area contributed by atoms with Crippen LogP contribution in [0.1, 0.15) is 40.3 Å². The summed E-state index contributed by atoms with van der Waals surface area (Å²) in [6, 6.07) is 7.48.